The molecule has 1 aromatic heterocycles. The fraction of sp³-hybridized carbons (Fsp3) is 0.375. The summed E-state index contributed by atoms with van der Waals surface area (Å²) in [5.74, 6) is 3.62. The number of terminal acetylenes is 1. The minimum Gasteiger partial charge on any atom is -0.344 e. The molecule has 6 heteroatoms. The summed E-state index contributed by atoms with van der Waals surface area (Å²) < 4.78 is 2.29. The molecule has 1 fully saturated rings. The van der Waals surface area contributed by atoms with Gasteiger partial charge in [0.05, 0.1) is 12.3 Å². The number of nitrogens with one attached hydrogen (secondary N) is 1. The van der Waals surface area contributed by atoms with Crippen LogP contribution in [0.25, 0.3) is 10.8 Å². The second-order valence-corrected chi connectivity index (χ2v) is 8.59. The van der Waals surface area contributed by atoms with Crippen LogP contribution in [0.2, 0.25) is 0 Å². The summed E-state index contributed by atoms with van der Waals surface area (Å²) in [6.45, 7) is 0.251. The first-order chi connectivity index (χ1) is 14.8. The van der Waals surface area contributed by atoms with Gasteiger partial charge in [0.15, 0.2) is 5.16 Å². The molecule has 0 spiro atoms. The first kappa shape index (κ1) is 20.5. The van der Waals surface area contributed by atoms with Gasteiger partial charge < -0.3 is 9.88 Å². The molecular weight excluding hydrogens is 392 g/mol. The predicted octanol–water partition coefficient (Wildman–Crippen LogP) is 4.37. The largest absolute Gasteiger partial charge is 0.344 e. The zero-order valence-corrected chi connectivity index (χ0v) is 17.8. The molecule has 1 aliphatic rings. The molecule has 1 saturated carbocycles. The van der Waals surface area contributed by atoms with E-state index in [-0.39, 0.29) is 12.5 Å². The van der Waals surface area contributed by atoms with Gasteiger partial charge in [0.1, 0.15) is 5.82 Å². The Hall–Kier alpha value is -2.78. The van der Waals surface area contributed by atoms with Gasteiger partial charge in [-0.25, -0.2) is 0 Å². The van der Waals surface area contributed by atoms with Crippen molar-refractivity contribution in [3.8, 4) is 12.3 Å². The van der Waals surface area contributed by atoms with Gasteiger partial charge in [-0.2, -0.15) is 0 Å². The molecule has 0 radical (unpaired) electrons. The molecule has 5 nitrogen and oxygen atoms in total. The molecular formula is C24H26N4OS. The van der Waals surface area contributed by atoms with Crippen LogP contribution in [-0.2, 0) is 11.2 Å². The second kappa shape index (κ2) is 9.82. The van der Waals surface area contributed by atoms with E-state index in [1.807, 2.05) is 0 Å². The Morgan fingerprint density at radius 1 is 1.13 bits per heavy atom. The normalized spacial score (nSPS) is 14.5. The maximum Gasteiger partial charge on any atom is 0.231 e. The highest BCUT2D eigenvalue weighted by Gasteiger charge is 2.24. The zero-order chi connectivity index (χ0) is 20.8. The van der Waals surface area contributed by atoms with Crippen molar-refractivity contribution in [1.82, 2.24) is 20.1 Å². The summed E-state index contributed by atoms with van der Waals surface area (Å²) >= 11 is 1.44. The van der Waals surface area contributed by atoms with Crippen molar-refractivity contribution in [3.05, 3.63) is 53.9 Å². The maximum absolute atomic E-state index is 12.0. The van der Waals surface area contributed by atoms with Crippen LogP contribution in [0.4, 0.5) is 0 Å². The smallest absolute Gasteiger partial charge is 0.231 e. The number of fused-ring (bicyclic) bond motifs is 1. The van der Waals surface area contributed by atoms with Crippen molar-refractivity contribution in [1.29, 1.82) is 0 Å². The Balaban J connectivity index is 1.61. The molecule has 1 heterocycles. The van der Waals surface area contributed by atoms with Crippen LogP contribution in [0.3, 0.4) is 0 Å². The molecule has 0 saturated heterocycles. The highest BCUT2D eigenvalue weighted by atomic mass is 32.2. The molecule has 0 atom stereocenters. The lowest BCUT2D eigenvalue weighted by atomic mass is 9.95. The lowest BCUT2D eigenvalue weighted by Crippen LogP contribution is -2.25. The lowest BCUT2D eigenvalue weighted by Gasteiger charge is -2.25. The van der Waals surface area contributed by atoms with Gasteiger partial charge in [-0.1, -0.05) is 79.4 Å². The first-order valence-corrected chi connectivity index (χ1v) is 11.5. The molecule has 4 rings (SSSR count). The Labute approximate surface area is 181 Å². The van der Waals surface area contributed by atoms with Crippen LogP contribution >= 0.6 is 11.8 Å². The Morgan fingerprint density at radius 3 is 2.77 bits per heavy atom. The molecule has 30 heavy (non-hydrogen) atoms. The number of benzene rings is 2. The quantitative estimate of drug-likeness (QED) is 0.457. The molecule has 0 unspecified atom stereocenters. The third-order valence-corrected chi connectivity index (χ3v) is 6.57. The van der Waals surface area contributed by atoms with E-state index in [1.54, 1.807) is 0 Å². The maximum atomic E-state index is 12.0. The highest BCUT2D eigenvalue weighted by Crippen LogP contribution is 2.33. The predicted molar refractivity (Wildman–Crippen MR) is 121 cm³/mol. The van der Waals surface area contributed by atoms with E-state index in [4.69, 9.17) is 6.42 Å². The number of amides is 1. The average Bonchev–Trinajstić information content (AvgIpc) is 3.19. The van der Waals surface area contributed by atoms with E-state index < -0.39 is 0 Å². The number of hydrogen-bond donors (Lipinski definition) is 1. The SMILES string of the molecule is C#CCNC(=O)CSc1nnc(Cc2cccc3ccccc23)n1C1CCCCC1. The van der Waals surface area contributed by atoms with Crippen LogP contribution in [-0.4, -0.2) is 33.0 Å². The van der Waals surface area contributed by atoms with Gasteiger partial charge in [-0.15, -0.1) is 16.6 Å². The average molecular weight is 419 g/mol. The van der Waals surface area contributed by atoms with E-state index in [0.29, 0.717) is 11.8 Å². The van der Waals surface area contributed by atoms with Crippen molar-refractivity contribution in [3.63, 3.8) is 0 Å². The summed E-state index contributed by atoms with van der Waals surface area (Å²) in [6, 6.07) is 15.3. The number of rotatable bonds is 7. The van der Waals surface area contributed by atoms with Crippen molar-refractivity contribution >= 4 is 28.4 Å². The van der Waals surface area contributed by atoms with E-state index in [9.17, 15) is 4.79 Å². The summed E-state index contributed by atoms with van der Waals surface area (Å²) in [5.41, 5.74) is 1.25. The third kappa shape index (κ3) is 4.68. The van der Waals surface area contributed by atoms with Crippen molar-refractivity contribution in [2.45, 2.75) is 49.7 Å². The topological polar surface area (TPSA) is 59.8 Å². The fourth-order valence-electron chi connectivity index (χ4n) is 4.18. The number of hydrogen-bond acceptors (Lipinski definition) is 4. The zero-order valence-electron chi connectivity index (χ0n) is 17.0. The molecule has 1 amide bonds. The molecule has 0 aliphatic heterocycles. The number of nitrogens with zero attached hydrogens (tertiary/aromatic N) is 3. The van der Waals surface area contributed by atoms with Gasteiger partial charge in [0.25, 0.3) is 0 Å². The Kier molecular flexibility index (Phi) is 6.70. The summed E-state index contributed by atoms with van der Waals surface area (Å²) in [6.07, 6.45) is 12.0. The van der Waals surface area contributed by atoms with Gasteiger partial charge in [0, 0.05) is 12.5 Å². The summed E-state index contributed by atoms with van der Waals surface area (Å²) in [5, 5.41) is 15.1. The van der Waals surface area contributed by atoms with Crippen LogP contribution in [0, 0.1) is 12.3 Å². The highest BCUT2D eigenvalue weighted by molar-refractivity contribution is 7.99. The van der Waals surface area contributed by atoms with E-state index in [1.165, 1.54) is 47.4 Å². The van der Waals surface area contributed by atoms with E-state index >= 15 is 0 Å². The second-order valence-electron chi connectivity index (χ2n) is 7.65. The number of carbonyl (C=O) groups is 1. The van der Waals surface area contributed by atoms with Crippen molar-refractivity contribution in [2.75, 3.05) is 12.3 Å². The standard InChI is InChI=1S/C24H26N4OS/c1-2-15-25-23(29)17-30-24-27-26-22(28(24)20-12-4-3-5-13-20)16-19-11-8-10-18-9-6-7-14-21(18)19/h1,6-11,14,20H,3-5,12-13,15-17H2,(H,25,29). The van der Waals surface area contributed by atoms with Gasteiger partial charge in [-0.05, 0) is 29.2 Å². The monoisotopic (exact) mass is 418 g/mol. The molecule has 3 aromatic rings. The summed E-state index contributed by atoms with van der Waals surface area (Å²) in [4.78, 5) is 12.0. The lowest BCUT2D eigenvalue weighted by molar-refractivity contribution is -0.118. The van der Waals surface area contributed by atoms with Gasteiger partial charge in [-0.3, -0.25) is 4.79 Å². The van der Waals surface area contributed by atoms with Gasteiger partial charge in [0.2, 0.25) is 5.91 Å². The van der Waals surface area contributed by atoms with Crippen LogP contribution in [0.1, 0.15) is 49.5 Å². The first-order valence-electron chi connectivity index (χ1n) is 10.5. The van der Waals surface area contributed by atoms with E-state index in [2.05, 4.69) is 68.5 Å². The Morgan fingerprint density at radius 2 is 1.93 bits per heavy atom. The third-order valence-electron chi connectivity index (χ3n) is 5.62. The number of thioether (sulfide) groups is 1. The van der Waals surface area contributed by atoms with Gasteiger partial charge >= 0.3 is 0 Å². The van der Waals surface area contributed by atoms with Crippen LogP contribution in [0.15, 0.2) is 47.6 Å². The number of carbonyl (C=O) groups excluding carboxylic acids is 1. The minimum absolute atomic E-state index is 0.0771. The van der Waals surface area contributed by atoms with Crippen molar-refractivity contribution in [2.24, 2.45) is 0 Å². The fourth-order valence-corrected chi connectivity index (χ4v) is 5.03. The molecule has 154 valence electrons. The number of aromatic nitrogens is 3. The molecule has 1 N–H and O–H groups in total. The molecule has 2 aromatic carbocycles. The van der Waals surface area contributed by atoms with Crippen molar-refractivity contribution < 1.29 is 4.79 Å². The van der Waals surface area contributed by atoms with Crippen LogP contribution in [0.5, 0.6) is 0 Å². The van der Waals surface area contributed by atoms with E-state index in [0.717, 1.165) is 30.2 Å². The Bertz CT molecular complexity index is 1060. The molecule has 0 bridgehead atoms. The minimum atomic E-state index is -0.0771. The van der Waals surface area contributed by atoms with Crippen LogP contribution < -0.4 is 5.32 Å². The summed E-state index contributed by atoms with van der Waals surface area (Å²) in [7, 11) is 0. The molecule has 1 aliphatic carbocycles.